The fourth-order valence-electron chi connectivity index (χ4n) is 2.30. The van der Waals surface area contributed by atoms with Gasteiger partial charge in [-0.3, -0.25) is 25.1 Å². The van der Waals surface area contributed by atoms with Crippen molar-refractivity contribution in [3.05, 3.63) is 68.7 Å². The zero-order valence-electron chi connectivity index (χ0n) is 12.5. The quantitative estimate of drug-likeness (QED) is 0.378. The van der Waals surface area contributed by atoms with Crippen molar-refractivity contribution in [1.82, 2.24) is 5.43 Å². The number of aromatic hydroxyl groups is 1. The first-order valence-electron chi connectivity index (χ1n) is 6.97. The standard InChI is InChI=1S/C16H10ClN3O5/c17-10-2-1-3-11(8-10)19-16(23)12(15(22)18-19)6-9-4-5-14(21)13(7-9)20(24)25/h1-8,21H,(H,18,22)/b12-6-. The molecule has 3 rings (SSSR count). The highest BCUT2D eigenvalue weighted by molar-refractivity contribution is 6.33. The topological polar surface area (TPSA) is 113 Å². The fraction of sp³-hybridized carbons (Fsp3) is 0. The Hall–Kier alpha value is -3.39. The Balaban J connectivity index is 1.97. The van der Waals surface area contributed by atoms with Gasteiger partial charge in [-0.1, -0.05) is 23.7 Å². The molecule has 2 N–H and O–H groups in total. The van der Waals surface area contributed by atoms with Crippen LogP contribution in [0.3, 0.4) is 0 Å². The Kier molecular flexibility index (Phi) is 4.12. The van der Waals surface area contributed by atoms with Gasteiger partial charge in [0.2, 0.25) is 0 Å². The second kappa shape index (κ2) is 6.25. The van der Waals surface area contributed by atoms with Crippen LogP contribution in [0.4, 0.5) is 11.4 Å². The molecule has 0 unspecified atom stereocenters. The van der Waals surface area contributed by atoms with Gasteiger partial charge < -0.3 is 5.11 Å². The van der Waals surface area contributed by atoms with Crippen LogP contribution in [0.1, 0.15) is 5.56 Å². The largest absolute Gasteiger partial charge is 0.502 e. The molecule has 126 valence electrons. The minimum atomic E-state index is -0.758. The molecule has 9 heteroatoms. The van der Waals surface area contributed by atoms with E-state index in [1.807, 2.05) is 0 Å². The molecule has 2 aromatic carbocycles. The van der Waals surface area contributed by atoms with Crippen molar-refractivity contribution < 1.29 is 19.6 Å². The minimum Gasteiger partial charge on any atom is -0.502 e. The van der Waals surface area contributed by atoms with Gasteiger partial charge in [-0.25, -0.2) is 5.01 Å². The summed E-state index contributed by atoms with van der Waals surface area (Å²) in [5.41, 5.74) is 2.30. The highest BCUT2D eigenvalue weighted by Gasteiger charge is 2.34. The van der Waals surface area contributed by atoms with E-state index in [4.69, 9.17) is 11.6 Å². The zero-order valence-corrected chi connectivity index (χ0v) is 13.2. The van der Waals surface area contributed by atoms with E-state index in [1.165, 1.54) is 18.2 Å². The van der Waals surface area contributed by atoms with Gasteiger partial charge in [0, 0.05) is 11.1 Å². The number of hydrazine groups is 1. The summed E-state index contributed by atoms with van der Waals surface area (Å²) in [6.07, 6.45) is 1.22. The van der Waals surface area contributed by atoms with E-state index in [2.05, 4.69) is 5.43 Å². The van der Waals surface area contributed by atoms with Crippen LogP contribution in [0.15, 0.2) is 48.0 Å². The van der Waals surface area contributed by atoms with Gasteiger partial charge in [-0.2, -0.15) is 0 Å². The van der Waals surface area contributed by atoms with Crippen molar-refractivity contribution in [2.75, 3.05) is 5.01 Å². The third kappa shape index (κ3) is 3.15. The molecule has 0 bridgehead atoms. The smallest absolute Gasteiger partial charge is 0.311 e. The number of rotatable bonds is 3. The van der Waals surface area contributed by atoms with Gasteiger partial charge in [0.1, 0.15) is 5.57 Å². The first-order chi connectivity index (χ1) is 11.9. The van der Waals surface area contributed by atoms with E-state index in [-0.39, 0.29) is 11.1 Å². The van der Waals surface area contributed by atoms with Crippen molar-refractivity contribution >= 4 is 40.9 Å². The molecule has 0 saturated carbocycles. The van der Waals surface area contributed by atoms with E-state index in [9.17, 15) is 24.8 Å². The van der Waals surface area contributed by atoms with E-state index in [0.29, 0.717) is 10.7 Å². The molecule has 1 heterocycles. The van der Waals surface area contributed by atoms with E-state index in [1.54, 1.807) is 18.2 Å². The fourth-order valence-corrected chi connectivity index (χ4v) is 2.48. The van der Waals surface area contributed by atoms with Gasteiger partial charge in [0.15, 0.2) is 5.75 Å². The van der Waals surface area contributed by atoms with Crippen LogP contribution in [-0.2, 0) is 9.59 Å². The van der Waals surface area contributed by atoms with Gasteiger partial charge in [-0.15, -0.1) is 0 Å². The number of nitro groups is 1. The van der Waals surface area contributed by atoms with Crippen LogP contribution in [0.25, 0.3) is 6.08 Å². The Morgan fingerprint density at radius 3 is 2.64 bits per heavy atom. The lowest BCUT2D eigenvalue weighted by Gasteiger charge is -2.14. The maximum Gasteiger partial charge on any atom is 0.311 e. The number of anilines is 1. The molecule has 2 aromatic rings. The minimum absolute atomic E-state index is 0.194. The summed E-state index contributed by atoms with van der Waals surface area (Å²) in [4.78, 5) is 34.7. The molecule has 0 spiro atoms. The maximum absolute atomic E-state index is 12.5. The zero-order chi connectivity index (χ0) is 18.1. The van der Waals surface area contributed by atoms with Crippen molar-refractivity contribution in [3.8, 4) is 5.75 Å². The average Bonchev–Trinajstić information content (AvgIpc) is 2.84. The van der Waals surface area contributed by atoms with Gasteiger partial charge in [-0.05, 0) is 35.9 Å². The summed E-state index contributed by atoms with van der Waals surface area (Å²) in [6, 6.07) is 9.91. The van der Waals surface area contributed by atoms with Gasteiger partial charge in [0.05, 0.1) is 10.6 Å². The second-order valence-corrected chi connectivity index (χ2v) is 5.56. The molecule has 8 nitrogen and oxygen atoms in total. The normalized spacial score (nSPS) is 15.6. The number of amides is 2. The summed E-state index contributed by atoms with van der Waals surface area (Å²) in [7, 11) is 0. The summed E-state index contributed by atoms with van der Waals surface area (Å²) < 4.78 is 0. The molecule has 0 atom stereocenters. The predicted octanol–water partition coefficient (Wildman–Crippen LogP) is 2.42. The van der Waals surface area contributed by atoms with Crippen molar-refractivity contribution in [1.29, 1.82) is 0 Å². The molecule has 0 aromatic heterocycles. The lowest BCUT2D eigenvalue weighted by atomic mass is 10.1. The van der Waals surface area contributed by atoms with Crippen LogP contribution in [-0.4, -0.2) is 21.8 Å². The lowest BCUT2D eigenvalue weighted by Crippen LogP contribution is -2.35. The number of nitrogens with zero attached hydrogens (tertiary/aromatic N) is 2. The summed E-state index contributed by atoms with van der Waals surface area (Å²) in [5.74, 6) is -1.78. The monoisotopic (exact) mass is 359 g/mol. The number of phenols is 1. The molecular formula is C16H10ClN3O5. The molecule has 1 aliphatic heterocycles. The van der Waals surface area contributed by atoms with Gasteiger partial charge >= 0.3 is 5.69 Å². The van der Waals surface area contributed by atoms with E-state index < -0.39 is 28.2 Å². The third-order valence-electron chi connectivity index (χ3n) is 3.47. The van der Waals surface area contributed by atoms with Crippen LogP contribution >= 0.6 is 11.6 Å². The highest BCUT2D eigenvalue weighted by atomic mass is 35.5. The molecule has 2 amide bonds. The number of phenolic OH excluding ortho intramolecular Hbond substituents is 1. The Bertz CT molecular complexity index is 941. The number of nitrogens with one attached hydrogen (secondary N) is 1. The van der Waals surface area contributed by atoms with Crippen LogP contribution in [0.2, 0.25) is 5.02 Å². The summed E-state index contributed by atoms with van der Waals surface area (Å²) in [6.45, 7) is 0. The summed E-state index contributed by atoms with van der Waals surface area (Å²) >= 11 is 5.88. The number of carbonyl (C=O) groups excluding carboxylic acids is 2. The Morgan fingerprint density at radius 2 is 1.96 bits per heavy atom. The van der Waals surface area contributed by atoms with Crippen LogP contribution in [0.5, 0.6) is 5.75 Å². The van der Waals surface area contributed by atoms with Crippen molar-refractivity contribution in [2.45, 2.75) is 0 Å². The van der Waals surface area contributed by atoms with Gasteiger partial charge in [0.25, 0.3) is 11.8 Å². The number of hydrogen-bond donors (Lipinski definition) is 2. The SMILES string of the molecule is O=C1NN(c2cccc(Cl)c2)C(=O)/C1=C\c1ccc(O)c([N+](=O)[O-])c1. The average molecular weight is 360 g/mol. The molecular weight excluding hydrogens is 350 g/mol. The third-order valence-corrected chi connectivity index (χ3v) is 3.70. The highest BCUT2D eigenvalue weighted by Crippen LogP contribution is 2.28. The Morgan fingerprint density at radius 1 is 1.20 bits per heavy atom. The molecule has 0 radical (unpaired) electrons. The number of halogens is 1. The van der Waals surface area contributed by atoms with Crippen LogP contribution < -0.4 is 10.4 Å². The number of nitro benzene ring substituents is 1. The molecule has 1 aliphatic rings. The molecule has 1 fully saturated rings. The Labute approximate surface area is 146 Å². The second-order valence-electron chi connectivity index (χ2n) is 5.12. The van der Waals surface area contributed by atoms with E-state index >= 15 is 0 Å². The van der Waals surface area contributed by atoms with Crippen molar-refractivity contribution in [3.63, 3.8) is 0 Å². The maximum atomic E-state index is 12.5. The van der Waals surface area contributed by atoms with E-state index in [0.717, 1.165) is 17.1 Å². The first kappa shape index (κ1) is 16.5. The number of benzene rings is 2. The predicted molar refractivity (Wildman–Crippen MR) is 89.8 cm³/mol. The number of hydrogen-bond acceptors (Lipinski definition) is 5. The first-order valence-corrected chi connectivity index (χ1v) is 7.35. The van der Waals surface area contributed by atoms with Crippen LogP contribution in [0, 0.1) is 10.1 Å². The van der Waals surface area contributed by atoms with Crippen molar-refractivity contribution in [2.24, 2.45) is 0 Å². The number of carbonyl (C=O) groups is 2. The molecule has 25 heavy (non-hydrogen) atoms. The lowest BCUT2D eigenvalue weighted by molar-refractivity contribution is -0.385. The molecule has 0 aliphatic carbocycles. The molecule has 1 saturated heterocycles. The summed E-state index contributed by atoms with van der Waals surface area (Å²) in [5, 5.41) is 21.8.